The molecule has 5 atom stereocenters. The van der Waals surface area contributed by atoms with Gasteiger partial charge in [0.1, 0.15) is 24.2 Å². The number of rotatable bonds is 2. The van der Waals surface area contributed by atoms with Crippen molar-refractivity contribution < 1.29 is 38.1 Å². The lowest BCUT2D eigenvalue weighted by atomic mass is 9.42. The zero-order valence-electron chi connectivity index (χ0n) is 16.7. The monoisotopic (exact) mass is 414 g/mol. The number of furan rings is 1. The SMILES string of the molecule is CC(=O)O[C@]12CC=C[C@]3(O)[C@]1(CC[C@@H]1C(=O)OC(c4ccoc4)=C[C@@]13C)COC2=O. The lowest BCUT2D eigenvalue weighted by Gasteiger charge is -2.63. The molecule has 1 spiro atoms. The zero-order chi connectivity index (χ0) is 21.4. The Kier molecular flexibility index (Phi) is 3.72. The van der Waals surface area contributed by atoms with E-state index in [1.165, 1.54) is 19.5 Å². The van der Waals surface area contributed by atoms with Gasteiger partial charge in [-0.05, 0) is 25.0 Å². The smallest absolute Gasteiger partial charge is 0.351 e. The molecular formula is C22H22O8. The summed E-state index contributed by atoms with van der Waals surface area (Å²) in [5, 5.41) is 12.2. The van der Waals surface area contributed by atoms with Gasteiger partial charge >= 0.3 is 17.9 Å². The van der Waals surface area contributed by atoms with Gasteiger partial charge in [0.2, 0.25) is 5.60 Å². The normalized spacial score (nSPS) is 41.7. The van der Waals surface area contributed by atoms with E-state index >= 15 is 0 Å². The quantitative estimate of drug-likeness (QED) is 0.445. The molecule has 2 fully saturated rings. The van der Waals surface area contributed by atoms with Crippen molar-refractivity contribution in [2.24, 2.45) is 16.7 Å². The molecule has 0 radical (unpaired) electrons. The van der Waals surface area contributed by atoms with Crippen LogP contribution in [0.15, 0.2) is 41.2 Å². The Balaban J connectivity index is 1.73. The van der Waals surface area contributed by atoms with E-state index in [0.29, 0.717) is 12.0 Å². The van der Waals surface area contributed by atoms with E-state index in [4.69, 9.17) is 18.6 Å². The summed E-state index contributed by atoms with van der Waals surface area (Å²) in [6.07, 6.45) is 8.62. The molecule has 1 aromatic rings. The topological polar surface area (TPSA) is 112 Å². The maximum atomic E-state index is 13.0. The van der Waals surface area contributed by atoms with Gasteiger partial charge in [-0.2, -0.15) is 0 Å². The van der Waals surface area contributed by atoms with Gasteiger partial charge in [0.15, 0.2) is 0 Å². The van der Waals surface area contributed by atoms with E-state index in [0.717, 1.165) is 0 Å². The van der Waals surface area contributed by atoms with Crippen molar-refractivity contribution >= 4 is 23.7 Å². The third-order valence-electron chi connectivity index (χ3n) is 7.50. The van der Waals surface area contributed by atoms with Crippen LogP contribution in [-0.4, -0.2) is 40.8 Å². The van der Waals surface area contributed by atoms with Gasteiger partial charge in [-0.3, -0.25) is 9.59 Å². The van der Waals surface area contributed by atoms with Crippen molar-refractivity contribution in [1.29, 1.82) is 0 Å². The molecule has 1 saturated heterocycles. The van der Waals surface area contributed by atoms with Crippen LogP contribution in [0.3, 0.4) is 0 Å². The Morgan fingerprint density at radius 1 is 1.33 bits per heavy atom. The molecule has 2 aliphatic carbocycles. The molecule has 8 nitrogen and oxygen atoms in total. The fourth-order valence-electron chi connectivity index (χ4n) is 6.01. The Morgan fingerprint density at radius 2 is 2.13 bits per heavy atom. The van der Waals surface area contributed by atoms with Crippen molar-refractivity contribution in [3.05, 3.63) is 42.4 Å². The number of fused-ring (bicyclic) bond motifs is 2. The van der Waals surface area contributed by atoms with Crippen molar-refractivity contribution in [2.75, 3.05) is 6.61 Å². The molecule has 3 heterocycles. The number of ether oxygens (including phenoxy) is 3. The average molecular weight is 414 g/mol. The molecule has 4 aliphatic rings. The summed E-state index contributed by atoms with van der Waals surface area (Å²) in [5.74, 6) is -2.12. The Hall–Kier alpha value is -2.87. The fraction of sp³-hybridized carbons (Fsp3) is 0.500. The highest BCUT2D eigenvalue weighted by molar-refractivity contribution is 5.89. The van der Waals surface area contributed by atoms with Gasteiger partial charge in [-0.25, -0.2) is 4.79 Å². The molecule has 158 valence electrons. The molecule has 30 heavy (non-hydrogen) atoms. The number of cyclic esters (lactones) is 2. The Morgan fingerprint density at radius 3 is 2.83 bits per heavy atom. The summed E-state index contributed by atoms with van der Waals surface area (Å²) in [5.41, 5.74) is -5.13. The lowest BCUT2D eigenvalue weighted by molar-refractivity contribution is -0.241. The minimum atomic E-state index is -1.70. The molecule has 0 aromatic carbocycles. The van der Waals surface area contributed by atoms with Crippen molar-refractivity contribution in [3.8, 4) is 0 Å². The van der Waals surface area contributed by atoms with E-state index in [9.17, 15) is 19.5 Å². The Labute approximate surface area is 172 Å². The average Bonchev–Trinajstić information content (AvgIpc) is 3.29. The first kappa shape index (κ1) is 19.1. The van der Waals surface area contributed by atoms with Gasteiger partial charge in [-0.1, -0.05) is 19.1 Å². The van der Waals surface area contributed by atoms with Crippen LogP contribution in [0.1, 0.15) is 38.7 Å². The summed E-state index contributed by atoms with van der Waals surface area (Å²) < 4.78 is 21.7. The predicted molar refractivity (Wildman–Crippen MR) is 100 cm³/mol. The van der Waals surface area contributed by atoms with Crippen LogP contribution in [-0.2, 0) is 28.6 Å². The van der Waals surface area contributed by atoms with Gasteiger partial charge in [0.05, 0.1) is 23.2 Å². The number of hydrogen-bond acceptors (Lipinski definition) is 8. The second kappa shape index (κ2) is 5.85. The standard InChI is InChI=1S/C22H22O8/c1-13(23)30-21-6-3-7-22(26)19(2)10-16(14-5-9-27-11-14)29-17(24)15(19)4-8-20(21,22)12-28-18(21)25/h3,5,7,9-11,15,26H,4,6,8,12H2,1-2H3/t15-,19+,20-,21+,22-/m1/s1. The Bertz CT molecular complexity index is 1010. The fourth-order valence-corrected chi connectivity index (χ4v) is 6.01. The minimum absolute atomic E-state index is 0.105. The molecule has 0 unspecified atom stereocenters. The van der Waals surface area contributed by atoms with E-state index in [1.807, 2.05) is 0 Å². The third kappa shape index (κ3) is 2.02. The second-order valence-corrected chi connectivity index (χ2v) is 8.77. The highest BCUT2D eigenvalue weighted by Gasteiger charge is 2.80. The summed E-state index contributed by atoms with van der Waals surface area (Å²) in [4.78, 5) is 37.8. The molecule has 5 rings (SSSR count). The van der Waals surface area contributed by atoms with Crippen molar-refractivity contribution in [2.45, 2.75) is 44.3 Å². The molecule has 1 aromatic heterocycles. The van der Waals surface area contributed by atoms with Crippen LogP contribution in [0.5, 0.6) is 0 Å². The van der Waals surface area contributed by atoms with Gasteiger partial charge in [0, 0.05) is 18.8 Å². The molecule has 0 amide bonds. The first-order valence-electron chi connectivity index (χ1n) is 9.93. The predicted octanol–water partition coefficient (Wildman–Crippen LogP) is 2.13. The largest absolute Gasteiger partial charge is 0.472 e. The number of carbonyl (C=O) groups is 3. The van der Waals surface area contributed by atoms with E-state index < -0.39 is 45.9 Å². The third-order valence-corrected chi connectivity index (χ3v) is 7.50. The van der Waals surface area contributed by atoms with Crippen LogP contribution in [0.25, 0.3) is 5.76 Å². The molecular weight excluding hydrogens is 392 g/mol. The molecule has 2 aliphatic heterocycles. The first-order chi connectivity index (χ1) is 14.2. The van der Waals surface area contributed by atoms with Gasteiger partial charge in [-0.15, -0.1) is 0 Å². The number of esters is 3. The summed E-state index contributed by atoms with van der Waals surface area (Å²) in [6, 6.07) is 1.66. The molecule has 1 saturated carbocycles. The van der Waals surface area contributed by atoms with Crippen LogP contribution in [0.4, 0.5) is 0 Å². The van der Waals surface area contributed by atoms with Crippen LogP contribution < -0.4 is 0 Å². The summed E-state index contributed by atoms with van der Waals surface area (Å²) in [7, 11) is 0. The van der Waals surface area contributed by atoms with E-state index in [-0.39, 0.29) is 25.2 Å². The summed E-state index contributed by atoms with van der Waals surface area (Å²) in [6.45, 7) is 2.90. The maximum Gasteiger partial charge on any atom is 0.351 e. The second-order valence-electron chi connectivity index (χ2n) is 8.77. The number of carbonyl (C=O) groups excluding carboxylic acids is 3. The van der Waals surface area contributed by atoms with Crippen LogP contribution in [0.2, 0.25) is 0 Å². The molecule has 8 heteroatoms. The first-order valence-corrected chi connectivity index (χ1v) is 9.93. The highest BCUT2D eigenvalue weighted by Crippen LogP contribution is 2.68. The van der Waals surface area contributed by atoms with Crippen LogP contribution in [0, 0.1) is 16.7 Å². The maximum absolute atomic E-state index is 13.0. The van der Waals surface area contributed by atoms with E-state index in [1.54, 1.807) is 31.2 Å². The highest BCUT2D eigenvalue weighted by atomic mass is 16.6. The van der Waals surface area contributed by atoms with Crippen molar-refractivity contribution in [3.63, 3.8) is 0 Å². The molecule has 1 N–H and O–H groups in total. The lowest BCUT2D eigenvalue weighted by Crippen LogP contribution is -2.74. The van der Waals surface area contributed by atoms with Crippen molar-refractivity contribution in [1.82, 2.24) is 0 Å². The minimum Gasteiger partial charge on any atom is -0.472 e. The van der Waals surface area contributed by atoms with E-state index in [2.05, 4.69) is 0 Å². The van der Waals surface area contributed by atoms with Crippen LogP contribution >= 0.6 is 0 Å². The summed E-state index contributed by atoms with van der Waals surface area (Å²) >= 11 is 0. The zero-order valence-corrected chi connectivity index (χ0v) is 16.7. The molecule has 0 bridgehead atoms. The van der Waals surface area contributed by atoms with Gasteiger partial charge < -0.3 is 23.7 Å². The number of hydrogen-bond donors (Lipinski definition) is 1. The van der Waals surface area contributed by atoms with Gasteiger partial charge in [0.25, 0.3) is 0 Å². The number of aliphatic hydroxyl groups is 1.